The van der Waals surface area contributed by atoms with E-state index in [9.17, 15) is 14.7 Å². The fraction of sp³-hybridized carbons (Fsp3) is 0.200. The van der Waals surface area contributed by atoms with Gasteiger partial charge in [0, 0.05) is 35.2 Å². The number of hydrogen-bond acceptors (Lipinski definition) is 4. The third-order valence-electron chi connectivity index (χ3n) is 6.20. The van der Waals surface area contributed by atoms with Crippen molar-refractivity contribution in [1.82, 2.24) is 4.98 Å². The number of phenolic OH excluding ortho intramolecular Hbond substituents is 1. The first-order valence-corrected chi connectivity index (χ1v) is 11.3. The van der Waals surface area contributed by atoms with Crippen molar-refractivity contribution in [2.45, 2.75) is 12.8 Å². The van der Waals surface area contributed by atoms with Gasteiger partial charge < -0.3 is 19.7 Å². The van der Waals surface area contributed by atoms with Gasteiger partial charge in [-0.15, -0.1) is 11.6 Å². The van der Waals surface area contributed by atoms with Gasteiger partial charge in [0.2, 0.25) is 0 Å². The van der Waals surface area contributed by atoms with Gasteiger partial charge in [0.1, 0.15) is 17.2 Å². The molecule has 0 unspecified atom stereocenters. The van der Waals surface area contributed by atoms with Crippen LogP contribution in [0.15, 0.2) is 42.5 Å². The molecule has 1 amide bonds. The van der Waals surface area contributed by atoms with Crippen LogP contribution in [0, 0.1) is 0 Å². The van der Waals surface area contributed by atoms with Crippen molar-refractivity contribution in [3.63, 3.8) is 0 Å². The van der Waals surface area contributed by atoms with E-state index in [1.165, 1.54) is 6.92 Å². The number of anilines is 1. The first-order valence-electron chi connectivity index (χ1n) is 10.4. The monoisotopic (exact) mass is 482 g/mol. The zero-order valence-corrected chi connectivity index (χ0v) is 19.4. The van der Waals surface area contributed by atoms with Gasteiger partial charge in [0.25, 0.3) is 5.91 Å². The molecule has 1 aliphatic rings. The van der Waals surface area contributed by atoms with Crippen LogP contribution < -0.4 is 9.64 Å². The lowest BCUT2D eigenvalue weighted by molar-refractivity contribution is 0.0981. The number of carbonyl (C=O) groups excluding carboxylic acids is 2. The third kappa shape index (κ3) is 3.33. The van der Waals surface area contributed by atoms with E-state index in [1.807, 2.05) is 6.07 Å². The summed E-state index contributed by atoms with van der Waals surface area (Å²) in [4.78, 5) is 30.4. The lowest BCUT2D eigenvalue weighted by atomic mass is 9.95. The molecule has 0 radical (unpaired) electrons. The molecule has 8 heteroatoms. The normalized spacial score (nSPS) is 15.3. The van der Waals surface area contributed by atoms with Gasteiger partial charge in [0.15, 0.2) is 5.78 Å². The van der Waals surface area contributed by atoms with Gasteiger partial charge in [0.05, 0.1) is 28.9 Å². The van der Waals surface area contributed by atoms with Gasteiger partial charge in [-0.2, -0.15) is 0 Å². The number of aromatic nitrogens is 1. The minimum Gasteiger partial charge on any atom is -0.507 e. The van der Waals surface area contributed by atoms with Crippen LogP contribution in [0.2, 0.25) is 5.02 Å². The summed E-state index contributed by atoms with van der Waals surface area (Å²) < 4.78 is 5.37. The minimum atomic E-state index is -0.285. The zero-order valence-electron chi connectivity index (χ0n) is 17.9. The number of hydrogen-bond donors (Lipinski definition) is 2. The minimum absolute atomic E-state index is 0.0710. The molecular formula is C25H20Cl2N2O4. The van der Waals surface area contributed by atoms with E-state index >= 15 is 0 Å². The second-order valence-corrected chi connectivity index (χ2v) is 8.85. The highest BCUT2D eigenvalue weighted by atomic mass is 35.5. The predicted octanol–water partition coefficient (Wildman–Crippen LogP) is 5.87. The fourth-order valence-corrected chi connectivity index (χ4v) is 5.22. The van der Waals surface area contributed by atoms with E-state index in [-0.39, 0.29) is 23.4 Å². The van der Waals surface area contributed by atoms with Gasteiger partial charge in [-0.1, -0.05) is 17.7 Å². The van der Waals surface area contributed by atoms with Crippen LogP contribution >= 0.6 is 23.2 Å². The van der Waals surface area contributed by atoms with Crippen molar-refractivity contribution in [3.8, 4) is 11.5 Å². The zero-order chi connectivity index (χ0) is 23.4. The Balaban J connectivity index is 1.66. The molecule has 0 spiro atoms. The molecule has 1 atom stereocenters. The van der Waals surface area contributed by atoms with Crippen LogP contribution in [0.4, 0.5) is 5.69 Å². The molecule has 33 heavy (non-hydrogen) atoms. The highest BCUT2D eigenvalue weighted by molar-refractivity contribution is 6.35. The Morgan fingerprint density at radius 3 is 2.67 bits per heavy atom. The molecule has 0 saturated carbocycles. The van der Waals surface area contributed by atoms with Crippen molar-refractivity contribution >= 4 is 62.3 Å². The molecule has 5 rings (SSSR count). The summed E-state index contributed by atoms with van der Waals surface area (Å²) in [6.07, 6.45) is 0. The van der Waals surface area contributed by atoms with E-state index in [2.05, 4.69) is 4.98 Å². The van der Waals surface area contributed by atoms with E-state index in [4.69, 9.17) is 27.9 Å². The third-order valence-corrected chi connectivity index (χ3v) is 6.89. The van der Waals surface area contributed by atoms with E-state index < -0.39 is 0 Å². The number of ether oxygens (including phenoxy) is 1. The Bertz CT molecular complexity index is 1460. The summed E-state index contributed by atoms with van der Waals surface area (Å²) in [5.74, 6) is 0.439. The Morgan fingerprint density at radius 1 is 1.18 bits per heavy atom. The molecule has 0 fully saturated rings. The number of Topliss-reactive ketones (excluding diaryl/α,β-unsaturated/α-hetero) is 1. The standard InChI is InChI=1S/C25H20Cl2N2O4/c1-12(30)22-18(27)6-3-13-7-19(28-24(13)22)25(32)29-11-14(10-26)23-17-8-15(33-2)4-5-16(17)21(31)9-20(23)29/h3-9,14,28,31H,10-11H2,1-2H3/t14-/m1/s1. The van der Waals surface area contributed by atoms with Gasteiger partial charge in [-0.3, -0.25) is 9.59 Å². The number of nitrogens with zero attached hydrogens (tertiary/aromatic N) is 1. The Morgan fingerprint density at radius 2 is 1.97 bits per heavy atom. The number of ketones is 1. The lowest BCUT2D eigenvalue weighted by Gasteiger charge is -2.18. The van der Waals surface area contributed by atoms with Crippen molar-refractivity contribution < 1.29 is 19.4 Å². The van der Waals surface area contributed by atoms with Crippen molar-refractivity contribution in [2.75, 3.05) is 24.4 Å². The maximum atomic E-state index is 13.6. The number of halogens is 2. The number of benzene rings is 3. The quantitative estimate of drug-likeness (QED) is 0.281. The molecule has 0 saturated heterocycles. The van der Waals surface area contributed by atoms with Crippen LogP contribution in [0.1, 0.15) is 39.3 Å². The van der Waals surface area contributed by atoms with Crippen molar-refractivity contribution in [1.29, 1.82) is 0 Å². The molecule has 1 aliphatic heterocycles. The maximum absolute atomic E-state index is 13.6. The number of alkyl halides is 1. The number of amides is 1. The molecule has 6 nitrogen and oxygen atoms in total. The van der Waals surface area contributed by atoms with Crippen LogP contribution in [-0.2, 0) is 0 Å². The smallest absolute Gasteiger partial charge is 0.274 e. The molecule has 1 aromatic heterocycles. The number of H-pyrrole nitrogens is 1. The lowest BCUT2D eigenvalue weighted by Crippen LogP contribution is -2.30. The van der Waals surface area contributed by atoms with Crippen LogP contribution in [-0.4, -0.2) is 41.3 Å². The maximum Gasteiger partial charge on any atom is 0.274 e. The summed E-state index contributed by atoms with van der Waals surface area (Å²) in [5.41, 5.74) is 2.70. The van der Waals surface area contributed by atoms with Crippen molar-refractivity contribution in [3.05, 3.63) is 64.3 Å². The van der Waals surface area contributed by atoms with Crippen molar-refractivity contribution in [2.24, 2.45) is 0 Å². The number of aromatic amines is 1. The Labute approximate surface area is 199 Å². The number of nitrogens with one attached hydrogen (secondary N) is 1. The highest BCUT2D eigenvalue weighted by Crippen LogP contribution is 2.46. The summed E-state index contributed by atoms with van der Waals surface area (Å²) in [6.45, 7) is 1.80. The SMILES string of the molecule is COc1ccc2c(O)cc3c(c2c1)[C@H](CCl)CN3C(=O)c1cc2ccc(Cl)c(C(C)=O)c2[nH]1. The first-order chi connectivity index (χ1) is 15.8. The molecule has 3 aromatic carbocycles. The van der Waals surface area contributed by atoms with Gasteiger partial charge in [-0.25, -0.2) is 0 Å². The number of carbonyl (C=O) groups is 2. The average molecular weight is 483 g/mol. The molecule has 0 aliphatic carbocycles. The predicted molar refractivity (Wildman–Crippen MR) is 131 cm³/mol. The summed E-state index contributed by atoms with van der Waals surface area (Å²) in [5, 5.41) is 13.2. The number of phenols is 1. The largest absolute Gasteiger partial charge is 0.507 e. The average Bonchev–Trinajstić information content (AvgIpc) is 3.39. The number of rotatable bonds is 4. The molecule has 2 N–H and O–H groups in total. The molecule has 2 heterocycles. The Kier molecular flexibility index (Phi) is 5.22. The van der Waals surface area contributed by atoms with Gasteiger partial charge >= 0.3 is 0 Å². The number of fused-ring (bicyclic) bond motifs is 4. The number of aromatic hydroxyl groups is 1. The van der Waals surface area contributed by atoms with E-state index in [1.54, 1.807) is 48.4 Å². The second kappa shape index (κ2) is 7.97. The summed E-state index contributed by atoms with van der Waals surface area (Å²) in [6, 6.07) is 12.2. The molecule has 168 valence electrons. The topological polar surface area (TPSA) is 82.6 Å². The second-order valence-electron chi connectivity index (χ2n) is 8.13. The molecule has 4 aromatic rings. The molecular weight excluding hydrogens is 463 g/mol. The van der Waals surface area contributed by atoms with Crippen LogP contribution in [0.3, 0.4) is 0 Å². The first kappa shape index (κ1) is 21.6. The van der Waals surface area contributed by atoms with Gasteiger partial charge in [-0.05, 0) is 48.2 Å². The van der Waals surface area contributed by atoms with E-state index in [0.717, 1.165) is 10.9 Å². The highest BCUT2D eigenvalue weighted by Gasteiger charge is 2.35. The summed E-state index contributed by atoms with van der Waals surface area (Å²) in [7, 11) is 1.58. The summed E-state index contributed by atoms with van der Waals surface area (Å²) >= 11 is 12.5. The number of methoxy groups -OCH3 is 1. The van der Waals surface area contributed by atoms with Crippen LogP contribution in [0.25, 0.3) is 21.7 Å². The van der Waals surface area contributed by atoms with Crippen LogP contribution in [0.5, 0.6) is 11.5 Å². The fourth-order valence-electron chi connectivity index (χ4n) is 4.68. The molecule has 0 bridgehead atoms. The van der Waals surface area contributed by atoms with E-state index in [0.29, 0.717) is 56.4 Å². The Hall–Kier alpha value is -3.22.